The van der Waals surface area contributed by atoms with Crippen LogP contribution in [0.3, 0.4) is 0 Å². The fourth-order valence-corrected chi connectivity index (χ4v) is 4.17. The maximum absolute atomic E-state index is 13.3. The summed E-state index contributed by atoms with van der Waals surface area (Å²) in [5.74, 6) is 1.07. The molecule has 1 aliphatic rings. The van der Waals surface area contributed by atoms with Gasteiger partial charge in [-0.05, 0) is 41.6 Å². The number of ether oxygens (including phenoxy) is 2. The van der Waals surface area contributed by atoms with Gasteiger partial charge in [-0.25, -0.2) is 0 Å². The summed E-state index contributed by atoms with van der Waals surface area (Å²) in [6.07, 6.45) is 1.65. The van der Waals surface area contributed by atoms with Crippen molar-refractivity contribution < 1.29 is 19.1 Å². The lowest BCUT2D eigenvalue weighted by Gasteiger charge is -2.28. The molecule has 0 unspecified atom stereocenters. The first-order valence-corrected chi connectivity index (χ1v) is 10.9. The molecule has 1 aliphatic heterocycles. The number of hydrogen-bond acceptors (Lipinski definition) is 5. The first-order chi connectivity index (χ1) is 14.4. The van der Waals surface area contributed by atoms with Crippen LogP contribution in [0.1, 0.15) is 29.9 Å². The summed E-state index contributed by atoms with van der Waals surface area (Å²) in [5, 5.41) is 2.03. The lowest BCUT2D eigenvalue weighted by molar-refractivity contribution is -0.142. The van der Waals surface area contributed by atoms with E-state index < -0.39 is 0 Å². The number of benzene rings is 1. The molecule has 0 saturated heterocycles. The third-order valence-electron chi connectivity index (χ3n) is 4.95. The second-order valence-corrected chi connectivity index (χ2v) is 8.63. The van der Waals surface area contributed by atoms with Crippen molar-refractivity contribution in [3.8, 4) is 11.5 Å². The van der Waals surface area contributed by atoms with Gasteiger partial charge >= 0.3 is 0 Å². The molecule has 3 rings (SSSR count). The molecule has 2 heterocycles. The Kier molecular flexibility index (Phi) is 7.15. The average molecular weight is 429 g/mol. The van der Waals surface area contributed by atoms with Gasteiger partial charge in [0.1, 0.15) is 6.54 Å². The molecule has 0 saturated carbocycles. The predicted molar refractivity (Wildman–Crippen MR) is 117 cm³/mol. The van der Waals surface area contributed by atoms with Crippen molar-refractivity contribution in [2.45, 2.75) is 33.9 Å². The van der Waals surface area contributed by atoms with Crippen LogP contribution in [-0.2, 0) is 22.7 Å². The lowest BCUT2D eigenvalue weighted by Crippen LogP contribution is -2.43. The first-order valence-electron chi connectivity index (χ1n) is 9.98. The van der Waals surface area contributed by atoms with Crippen LogP contribution in [0.25, 0.3) is 0 Å². The summed E-state index contributed by atoms with van der Waals surface area (Å²) in [4.78, 5) is 30.3. The third kappa shape index (κ3) is 5.21. The monoisotopic (exact) mass is 428 g/mol. The van der Waals surface area contributed by atoms with Crippen LogP contribution in [0, 0.1) is 12.8 Å². The second kappa shape index (κ2) is 9.80. The van der Waals surface area contributed by atoms with Crippen LogP contribution in [0.15, 0.2) is 42.3 Å². The Morgan fingerprint density at radius 2 is 1.93 bits per heavy atom. The minimum Gasteiger partial charge on any atom is -0.454 e. The second-order valence-electron chi connectivity index (χ2n) is 7.63. The van der Waals surface area contributed by atoms with E-state index in [4.69, 9.17) is 9.47 Å². The van der Waals surface area contributed by atoms with Gasteiger partial charge < -0.3 is 19.3 Å². The quantitative estimate of drug-likeness (QED) is 0.567. The zero-order valence-corrected chi connectivity index (χ0v) is 18.5. The molecule has 0 N–H and O–H groups in total. The van der Waals surface area contributed by atoms with Crippen LogP contribution < -0.4 is 9.47 Å². The normalized spacial score (nSPS) is 12.1. The van der Waals surface area contributed by atoms with Gasteiger partial charge in [-0.3, -0.25) is 9.59 Å². The number of fused-ring (bicyclic) bond motifs is 1. The van der Waals surface area contributed by atoms with Gasteiger partial charge in [0.2, 0.25) is 18.6 Å². The van der Waals surface area contributed by atoms with Crippen molar-refractivity contribution in [2.75, 3.05) is 19.9 Å². The van der Waals surface area contributed by atoms with Crippen LogP contribution >= 0.6 is 11.3 Å². The molecule has 2 aromatic rings. The van der Waals surface area contributed by atoms with E-state index in [1.54, 1.807) is 27.2 Å². The number of thiophene rings is 1. The number of carbonyl (C=O) groups excluding carboxylic acids is 2. The van der Waals surface area contributed by atoms with Gasteiger partial charge in [-0.1, -0.05) is 26.0 Å². The molecule has 6 nitrogen and oxygen atoms in total. The lowest BCUT2D eigenvalue weighted by atomic mass is 10.1. The van der Waals surface area contributed by atoms with E-state index in [9.17, 15) is 9.59 Å². The summed E-state index contributed by atoms with van der Waals surface area (Å²) in [6.45, 7) is 10.9. The Hall–Kier alpha value is -2.80. The Morgan fingerprint density at radius 3 is 2.60 bits per heavy atom. The number of hydrogen-bond donors (Lipinski definition) is 0. The molecule has 160 valence electrons. The van der Waals surface area contributed by atoms with Crippen LogP contribution in [0.4, 0.5) is 0 Å². The van der Waals surface area contributed by atoms with Gasteiger partial charge in [0, 0.05) is 23.9 Å². The molecule has 1 aromatic carbocycles. The molecule has 2 amide bonds. The van der Waals surface area contributed by atoms with Crippen molar-refractivity contribution >= 4 is 23.2 Å². The number of rotatable bonds is 9. The molecule has 30 heavy (non-hydrogen) atoms. The van der Waals surface area contributed by atoms with E-state index in [1.165, 1.54) is 0 Å². The average Bonchev–Trinajstić information content (AvgIpc) is 3.34. The number of carbonyl (C=O) groups is 2. The molecule has 1 aromatic heterocycles. The molecule has 0 bridgehead atoms. The summed E-state index contributed by atoms with van der Waals surface area (Å²) in [6, 6.07) is 7.76. The number of amides is 2. The number of nitrogens with zero attached hydrogens (tertiary/aromatic N) is 2. The highest BCUT2D eigenvalue weighted by Crippen LogP contribution is 2.33. The first kappa shape index (κ1) is 21.9. The highest BCUT2D eigenvalue weighted by Gasteiger charge is 2.24. The summed E-state index contributed by atoms with van der Waals surface area (Å²) in [7, 11) is 0. The SMILES string of the molecule is C=CCN(CC(=O)N(Cc1ccc2c(c1)OCO2)Cc1sccc1C)C(=O)C(C)C. The molecule has 7 heteroatoms. The highest BCUT2D eigenvalue weighted by atomic mass is 32.1. The van der Waals surface area contributed by atoms with Crippen molar-refractivity contribution in [3.05, 3.63) is 58.3 Å². The zero-order chi connectivity index (χ0) is 21.7. The molecule has 0 radical (unpaired) electrons. The van der Waals surface area contributed by atoms with Gasteiger partial charge in [-0.15, -0.1) is 17.9 Å². The zero-order valence-electron chi connectivity index (χ0n) is 17.7. The molecular formula is C23H28N2O4S. The summed E-state index contributed by atoms with van der Waals surface area (Å²) < 4.78 is 10.9. The molecule has 0 aliphatic carbocycles. The standard InChI is InChI=1S/C23H28N2O4S/c1-5-9-24(23(27)16(2)3)14-22(26)25(13-21-17(4)8-10-30-21)12-18-6-7-19-20(11-18)29-15-28-19/h5-8,10-11,16H,1,9,12-15H2,2-4H3. The predicted octanol–water partition coefficient (Wildman–Crippen LogP) is 3.98. The molecule has 0 atom stereocenters. The van der Waals surface area contributed by atoms with Gasteiger partial charge in [0.25, 0.3) is 0 Å². The molecule has 0 fully saturated rings. The van der Waals surface area contributed by atoms with Crippen LogP contribution in [0.2, 0.25) is 0 Å². The summed E-state index contributed by atoms with van der Waals surface area (Å²) in [5.41, 5.74) is 2.11. The topological polar surface area (TPSA) is 59.1 Å². The largest absolute Gasteiger partial charge is 0.454 e. The minimum atomic E-state index is -0.181. The van der Waals surface area contributed by atoms with E-state index in [1.807, 2.05) is 44.4 Å². The van der Waals surface area contributed by atoms with E-state index in [-0.39, 0.29) is 31.1 Å². The summed E-state index contributed by atoms with van der Waals surface area (Å²) >= 11 is 1.63. The van der Waals surface area contributed by atoms with Crippen LogP contribution in [-0.4, -0.2) is 41.5 Å². The minimum absolute atomic E-state index is 0.0258. The van der Waals surface area contributed by atoms with Crippen molar-refractivity contribution in [1.29, 1.82) is 0 Å². The maximum atomic E-state index is 13.3. The van der Waals surface area contributed by atoms with Gasteiger partial charge in [-0.2, -0.15) is 0 Å². The highest BCUT2D eigenvalue weighted by molar-refractivity contribution is 7.10. The Morgan fingerprint density at radius 1 is 1.17 bits per heavy atom. The third-order valence-corrected chi connectivity index (χ3v) is 5.95. The van der Waals surface area contributed by atoms with E-state index in [0.717, 1.165) is 16.0 Å². The van der Waals surface area contributed by atoms with Crippen molar-refractivity contribution in [3.63, 3.8) is 0 Å². The Labute approximate surface area is 181 Å². The van der Waals surface area contributed by atoms with E-state index >= 15 is 0 Å². The smallest absolute Gasteiger partial charge is 0.242 e. The van der Waals surface area contributed by atoms with E-state index in [0.29, 0.717) is 31.1 Å². The number of aryl methyl sites for hydroxylation is 1. The fraction of sp³-hybridized carbons (Fsp3) is 0.391. The molecular weight excluding hydrogens is 400 g/mol. The van der Waals surface area contributed by atoms with Gasteiger partial charge in [0.05, 0.1) is 6.54 Å². The Bertz CT molecular complexity index is 922. The molecule has 0 spiro atoms. The fourth-order valence-electron chi connectivity index (χ4n) is 3.25. The van der Waals surface area contributed by atoms with Crippen LogP contribution in [0.5, 0.6) is 11.5 Å². The van der Waals surface area contributed by atoms with Crippen molar-refractivity contribution in [2.24, 2.45) is 5.92 Å². The Balaban J connectivity index is 1.80. The maximum Gasteiger partial charge on any atom is 0.242 e. The van der Waals surface area contributed by atoms with Crippen molar-refractivity contribution in [1.82, 2.24) is 9.80 Å². The van der Waals surface area contributed by atoms with E-state index in [2.05, 4.69) is 12.6 Å². The van der Waals surface area contributed by atoms with Gasteiger partial charge in [0.15, 0.2) is 11.5 Å².